The van der Waals surface area contributed by atoms with E-state index in [4.69, 9.17) is 18.9 Å². The van der Waals surface area contributed by atoms with Gasteiger partial charge in [-0.25, -0.2) is 0 Å². The maximum atomic E-state index is 11.8. The third-order valence-corrected chi connectivity index (χ3v) is 6.32. The number of esters is 1. The van der Waals surface area contributed by atoms with Crippen molar-refractivity contribution in [1.82, 2.24) is 0 Å². The number of hydrogen-bond acceptors (Lipinski definition) is 5. The molecule has 0 radical (unpaired) electrons. The Labute approximate surface area is 218 Å². The molecule has 0 amide bonds. The lowest BCUT2D eigenvalue weighted by molar-refractivity contribution is -0.144. The number of hydrogen-bond donors (Lipinski definition) is 0. The van der Waals surface area contributed by atoms with Crippen molar-refractivity contribution < 1.29 is 23.7 Å². The van der Waals surface area contributed by atoms with Gasteiger partial charge >= 0.3 is 5.97 Å². The number of rotatable bonds is 30. The van der Waals surface area contributed by atoms with Gasteiger partial charge in [-0.15, -0.1) is 0 Å². The van der Waals surface area contributed by atoms with Gasteiger partial charge in [0.05, 0.1) is 33.0 Å². The summed E-state index contributed by atoms with van der Waals surface area (Å²) in [5, 5.41) is 0. The first-order valence-electron chi connectivity index (χ1n) is 15.2. The zero-order valence-corrected chi connectivity index (χ0v) is 23.6. The molecule has 0 aliphatic carbocycles. The smallest absolute Gasteiger partial charge is 0.305 e. The Kier molecular flexibility index (Phi) is 30.8. The summed E-state index contributed by atoms with van der Waals surface area (Å²) < 4.78 is 21.7. The van der Waals surface area contributed by atoms with Crippen LogP contribution in [0.25, 0.3) is 0 Å². The lowest BCUT2D eigenvalue weighted by Crippen LogP contribution is -2.11. The second-order valence-electron chi connectivity index (χ2n) is 9.82. The molecular weight excluding hydrogens is 440 g/mol. The summed E-state index contributed by atoms with van der Waals surface area (Å²) in [4.78, 5) is 11.8. The van der Waals surface area contributed by atoms with Gasteiger partial charge in [0.2, 0.25) is 0 Å². The summed E-state index contributed by atoms with van der Waals surface area (Å²) in [5.41, 5.74) is 0. The minimum atomic E-state index is -0.102. The van der Waals surface area contributed by atoms with E-state index in [0.717, 1.165) is 32.3 Å². The number of carbonyl (C=O) groups is 1. The molecule has 0 aliphatic rings. The third-order valence-electron chi connectivity index (χ3n) is 6.32. The van der Waals surface area contributed by atoms with Gasteiger partial charge in [0.25, 0.3) is 0 Å². The minimum absolute atomic E-state index is 0.102. The standard InChI is InChI=1S/C30H60O5/c1-3-5-7-8-9-10-11-12-13-14-15-16-17-18-19-20-25-35-30(31)22-21-24-33-27-29-34-28-26-32-23-6-4-2/h3-29H2,1-2H3. The molecule has 0 aromatic rings. The van der Waals surface area contributed by atoms with Crippen LogP contribution in [-0.4, -0.2) is 52.2 Å². The molecule has 5 heteroatoms. The third kappa shape index (κ3) is 31.3. The van der Waals surface area contributed by atoms with E-state index in [9.17, 15) is 4.79 Å². The molecule has 35 heavy (non-hydrogen) atoms. The molecule has 0 aromatic carbocycles. The van der Waals surface area contributed by atoms with Gasteiger partial charge < -0.3 is 18.9 Å². The first-order chi connectivity index (χ1) is 17.3. The highest BCUT2D eigenvalue weighted by Gasteiger charge is 2.03. The van der Waals surface area contributed by atoms with Crippen molar-refractivity contribution in [3.63, 3.8) is 0 Å². The lowest BCUT2D eigenvalue weighted by atomic mass is 10.0. The highest BCUT2D eigenvalue weighted by atomic mass is 16.5. The highest BCUT2D eigenvalue weighted by Crippen LogP contribution is 2.13. The Hall–Kier alpha value is -0.650. The van der Waals surface area contributed by atoms with E-state index < -0.39 is 0 Å². The Morgan fingerprint density at radius 2 is 0.771 bits per heavy atom. The number of unbranched alkanes of at least 4 members (excludes halogenated alkanes) is 16. The Balaban J connectivity index is 3.13. The van der Waals surface area contributed by atoms with Gasteiger partial charge in [0.15, 0.2) is 0 Å². The summed E-state index contributed by atoms with van der Waals surface area (Å²) in [7, 11) is 0. The van der Waals surface area contributed by atoms with E-state index in [0.29, 0.717) is 52.5 Å². The fourth-order valence-electron chi connectivity index (χ4n) is 4.02. The largest absolute Gasteiger partial charge is 0.466 e. The minimum Gasteiger partial charge on any atom is -0.466 e. The van der Waals surface area contributed by atoms with Gasteiger partial charge in [-0.05, 0) is 19.3 Å². The van der Waals surface area contributed by atoms with Crippen LogP contribution < -0.4 is 0 Å². The molecule has 0 fully saturated rings. The molecule has 210 valence electrons. The maximum Gasteiger partial charge on any atom is 0.305 e. The van der Waals surface area contributed by atoms with Crippen LogP contribution in [-0.2, 0) is 23.7 Å². The molecule has 0 heterocycles. The van der Waals surface area contributed by atoms with E-state index in [1.807, 2.05) is 0 Å². The molecule has 0 N–H and O–H groups in total. The molecule has 0 unspecified atom stereocenters. The van der Waals surface area contributed by atoms with Crippen LogP contribution in [0.4, 0.5) is 0 Å². The summed E-state index contributed by atoms with van der Waals surface area (Å²) in [6.07, 6.45) is 25.0. The van der Waals surface area contributed by atoms with E-state index in [1.165, 1.54) is 89.9 Å². The molecular formula is C30H60O5. The quantitative estimate of drug-likeness (QED) is 0.0731. The van der Waals surface area contributed by atoms with Crippen LogP contribution in [0.2, 0.25) is 0 Å². The van der Waals surface area contributed by atoms with Crippen molar-refractivity contribution in [2.45, 2.75) is 142 Å². The Morgan fingerprint density at radius 3 is 1.23 bits per heavy atom. The van der Waals surface area contributed by atoms with Crippen LogP contribution in [0.5, 0.6) is 0 Å². The van der Waals surface area contributed by atoms with Crippen LogP contribution in [0.3, 0.4) is 0 Å². The Morgan fingerprint density at radius 1 is 0.400 bits per heavy atom. The van der Waals surface area contributed by atoms with E-state index in [-0.39, 0.29) is 5.97 Å². The second-order valence-corrected chi connectivity index (χ2v) is 9.82. The normalized spacial score (nSPS) is 11.3. The van der Waals surface area contributed by atoms with Gasteiger partial charge in [-0.1, -0.05) is 117 Å². The fourth-order valence-corrected chi connectivity index (χ4v) is 4.02. The molecule has 0 aromatic heterocycles. The van der Waals surface area contributed by atoms with Crippen molar-refractivity contribution in [3.8, 4) is 0 Å². The van der Waals surface area contributed by atoms with Crippen LogP contribution in [0.1, 0.15) is 142 Å². The zero-order chi connectivity index (χ0) is 25.5. The molecule has 0 saturated carbocycles. The summed E-state index contributed by atoms with van der Waals surface area (Å²) >= 11 is 0. The summed E-state index contributed by atoms with van der Waals surface area (Å²) in [5.74, 6) is -0.102. The van der Waals surface area contributed by atoms with Crippen molar-refractivity contribution in [1.29, 1.82) is 0 Å². The first-order valence-corrected chi connectivity index (χ1v) is 15.2. The Bertz CT molecular complexity index is 402. The molecule has 0 spiro atoms. The topological polar surface area (TPSA) is 54.0 Å². The second kappa shape index (κ2) is 31.4. The summed E-state index contributed by atoms with van der Waals surface area (Å²) in [6, 6.07) is 0. The highest BCUT2D eigenvalue weighted by molar-refractivity contribution is 5.69. The molecule has 0 rings (SSSR count). The van der Waals surface area contributed by atoms with Crippen molar-refractivity contribution in [2.75, 3.05) is 46.2 Å². The lowest BCUT2D eigenvalue weighted by Gasteiger charge is -2.07. The molecule has 5 nitrogen and oxygen atoms in total. The van der Waals surface area contributed by atoms with Gasteiger partial charge in [-0.2, -0.15) is 0 Å². The van der Waals surface area contributed by atoms with Crippen molar-refractivity contribution in [3.05, 3.63) is 0 Å². The van der Waals surface area contributed by atoms with Crippen molar-refractivity contribution >= 4 is 5.97 Å². The summed E-state index contributed by atoms with van der Waals surface area (Å²) in [6.45, 7) is 8.76. The van der Waals surface area contributed by atoms with Crippen LogP contribution in [0, 0.1) is 0 Å². The van der Waals surface area contributed by atoms with Gasteiger partial charge in [0.1, 0.15) is 0 Å². The van der Waals surface area contributed by atoms with Crippen LogP contribution in [0.15, 0.2) is 0 Å². The molecule has 0 bridgehead atoms. The van der Waals surface area contributed by atoms with Gasteiger partial charge in [0, 0.05) is 19.6 Å². The molecule has 0 atom stereocenters. The molecule has 0 aliphatic heterocycles. The maximum absolute atomic E-state index is 11.8. The fraction of sp³-hybridized carbons (Fsp3) is 0.967. The molecule has 0 saturated heterocycles. The first kappa shape index (κ1) is 34.4. The predicted octanol–water partition coefficient (Wildman–Crippen LogP) is 8.42. The van der Waals surface area contributed by atoms with Gasteiger partial charge in [-0.3, -0.25) is 4.79 Å². The van der Waals surface area contributed by atoms with E-state index >= 15 is 0 Å². The average molecular weight is 501 g/mol. The predicted molar refractivity (Wildman–Crippen MR) is 147 cm³/mol. The van der Waals surface area contributed by atoms with E-state index in [2.05, 4.69) is 13.8 Å². The monoisotopic (exact) mass is 500 g/mol. The number of carbonyl (C=O) groups excluding carboxylic acids is 1. The van der Waals surface area contributed by atoms with Crippen molar-refractivity contribution in [2.24, 2.45) is 0 Å². The zero-order valence-electron chi connectivity index (χ0n) is 23.6. The number of ether oxygens (including phenoxy) is 4. The van der Waals surface area contributed by atoms with E-state index in [1.54, 1.807) is 0 Å². The van der Waals surface area contributed by atoms with Crippen LogP contribution >= 0.6 is 0 Å². The average Bonchev–Trinajstić information content (AvgIpc) is 2.86. The SMILES string of the molecule is CCCCCCCCCCCCCCCCCCOC(=O)CCCOCCOCCOCCCC.